The second-order valence-electron chi connectivity index (χ2n) is 5.14. The van der Waals surface area contributed by atoms with Crippen LogP contribution in [-0.2, 0) is 16.1 Å². The number of furan rings is 1. The molecule has 0 saturated heterocycles. The second kappa shape index (κ2) is 9.32. The Morgan fingerprint density at radius 2 is 2.00 bits per heavy atom. The Labute approximate surface area is 153 Å². The van der Waals surface area contributed by atoms with E-state index in [4.69, 9.17) is 9.15 Å². The number of alkyl halides is 2. The zero-order chi connectivity index (χ0) is 19.8. The zero-order valence-electron chi connectivity index (χ0n) is 14.5. The first-order valence-corrected chi connectivity index (χ1v) is 7.68. The van der Waals surface area contributed by atoms with Crippen molar-refractivity contribution in [1.82, 2.24) is 10.7 Å². The molecule has 0 spiro atoms. The molecule has 1 heterocycles. The number of nitrogens with zero attached hydrogens (tertiary/aromatic N) is 1. The summed E-state index contributed by atoms with van der Waals surface area (Å²) in [5.41, 5.74) is 2.91. The van der Waals surface area contributed by atoms with Crippen molar-refractivity contribution in [2.24, 2.45) is 5.10 Å². The highest BCUT2D eigenvalue weighted by molar-refractivity contribution is 6.35. The minimum Gasteiger partial charge on any atom is -0.493 e. The molecule has 0 saturated carbocycles. The number of hydrazone groups is 1. The van der Waals surface area contributed by atoms with E-state index < -0.39 is 18.4 Å². The molecule has 0 atom stereocenters. The van der Waals surface area contributed by atoms with Gasteiger partial charge in [-0.05, 0) is 37.3 Å². The Morgan fingerprint density at radius 3 is 2.63 bits per heavy atom. The highest BCUT2D eigenvalue weighted by Gasteiger charge is 2.14. The summed E-state index contributed by atoms with van der Waals surface area (Å²) in [5.74, 6) is -1.42. The molecule has 2 amide bonds. The van der Waals surface area contributed by atoms with Crippen LogP contribution in [0.3, 0.4) is 0 Å². The highest BCUT2D eigenvalue weighted by atomic mass is 19.3. The maximum atomic E-state index is 12.3. The van der Waals surface area contributed by atoms with Crippen LogP contribution in [0.5, 0.6) is 11.5 Å². The number of carbonyl (C=O) groups excluding carboxylic acids is 2. The van der Waals surface area contributed by atoms with E-state index in [9.17, 15) is 18.4 Å². The molecule has 2 aromatic rings. The molecular weight excluding hydrogens is 364 g/mol. The van der Waals surface area contributed by atoms with Crippen LogP contribution < -0.4 is 20.2 Å². The summed E-state index contributed by atoms with van der Waals surface area (Å²) in [6, 6.07) is 7.47. The van der Waals surface area contributed by atoms with E-state index in [1.807, 2.05) is 0 Å². The monoisotopic (exact) mass is 381 g/mol. The van der Waals surface area contributed by atoms with Crippen LogP contribution in [0.25, 0.3) is 0 Å². The van der Waals surface area contributed by atoms with Crippen LogP contribution in [0.2, 0.25) is 0 Å². The van der Waals surface area contributed by atoms with Crippen molar-refractivity contribution >= 4 is 17.5 Å². The van der Waals surface area contributed by atoms with Gasteiger partial charge in [0, 0.05) is 5.56 Å². The number of hydrogen-bond donors (Lipinski definition) is 2. The summed E-state index contributed by atoms with van der Waals surface area (Å²) < 4.78 is 39.0. The summed E-state index contributed by atoms with van der Waals surface area (Å²) in [6.45, 7) is -1.37. The van der Waals surface area contributed by atoms with E-state index in [0.29, 0.717) is 17.0 Å². The van der Waals surface area contributed by atoms with Gasteiger partial charge in [-0.3, -0.25) is 9.59 Å². The molecule has 0 radical (unpaired) electrons. The Bertz CT molecular complexity index is 822. The number of benzene rings is 1. The first-order valence-electron chi connectivity index (χ1n) is 7.68. The Balaban J connectivity index is 1.97. The normalized spacial score (nSPS) is 11.2. The molecule has 1 aromatic carbocycles. The standard InChI is InChI=1S/C17H17F2N3O5/c1-10(11-5-6-13(27-17(18)19)14(8-11)25-2)21-22-16(24)15(23)20-9-12-4-3-7-26-12/h3-8,17H,9H2,1-2H3,(H,20,23)(H,22,24)/b21-10-. The number of hydrogen-bond acceptors (Lipinski definition) is 6. The third kappa shape index (κ3) is 5.80. The van der Waals surface area contributed by atoms with Crippen molar-refractivity contribution < 1.29 is 32.3 Å². The number of rotatable bonds is 7. The molecule has 0 unspecified atom stereocenters. The molecule has 0 aliphatic carbocycles. The van der Waals surface area contributed by atoms with E-state index in [2.05, 4.69) is 20.6 Å². The SMILES string of the molecule is COc1cc(/C(C)=N\NC(=O)C(=O)NCc2ccco2)ccc1OC(F)F. The lowest BCUT2D eigenvalue weighted by Crippen LogP contribution is -2.37. The van der Waals surface area contributed by atoms with E-state index in [-0.39, 0.29) is 18.0 Å². The molecule has 8 nitrogen and oxygen atoms in total. The molecule has 27 heavy (non-hydrogen) atoms. The van der Waals surface area contributed by atoms with E-state index in [1.54, 1.807) is 19.1 Å². The van der Waals surface area contributed by atoms with Crippen molar-refractivity contribution in [3.8, 4) is 11.5 Å². The van der Waals surface area contributed by atoms with Gasteiger partial charge in [-0.2, -0.15) is 13.9 Å². The highest BCUT2D eigenvalue weighted by Crippen LogP contribution is 2.29. The quantitative estimate of drug-likeness (QED) is 0.434. The lowest BCUT2D eigenvalue weighted by atomic mass is 10.1. The smallest absolute Gasteiger partial charge is 0.387 e. The molecule has 10 heteroatoms. The lowest BCUT2D eigenvalue weighted by Gasteiger charge is -2.11. The largest absolute Gasteiger partial charge is 0.493 e. The molecule has 2 N–H and O–H groups in total. The van der Waals surface area contributed by atoms with Gasteiger partial charge < -0.3 is 19.2 Å². The molecule has 0 fully saturated rings. The van der Waals surface area contributed by atoms with Crippen LogP contribution in [0, 0.1) is 0 Å². The van der Waals surface area contributed by atoms with Crippen molar-refractivity contribution in [2.75, 3.05) is 7.11 Å². The van der Waals surface area contributed by atoms with Crippen molar-refractivity contribution in [3.63, 3.8) is 0 Å². The molecule has 0 aliphatic heterocycles. The fourth-order valence-electron chi connectivity index (χ4n) is 2.00. The minimum atomic E-state index is -2.99. The molecule has 0 aliphatic rings. The Hall–Kier alpha value is -3.43. The first-order chi connectivity index (χ1) is 12.9. The average molecular weight is 381 g/mol. The first kappa shape index (κ1) is 19.9. The molecule has 1 aromatic heterocycles. The summed E-state index contributed by atoms with van der Waals surface area (Å²) in [7, 11) is 1.30. The van der Waals surface area contributed by atoms with Gasteiger partial charge in [0.1, 0.15) is 5.76 Å². The van der Waals surface area contributed by atoms with Gasteiger partial charge in [0.25, 0.3) is 0 Å². The molecule has 2 rings (SSSR count). The molecule has 144 valence electrons. The van der Waals surface area contributed by atoms with Gasteiger partial charge in [0.2, 0.25) is 0 Å². The van der Waals surface area contributed by atoms with Crippen molar-refractivity contribution in [2.45, 2.75) is 20.1 Å². The van der Waals surface area contributed by atoms with Crippen LogP contribution in [-0.4, -0.2) is 31.2 Å². The van der Waals surface area contributed by atoms with Gasteiger partial charge in [-0.1, -0.05) is 0 Å². The van der Waals surface area contributed by atoms with E-state index in [0.717, 1.165) is 0 Å². The lowest BCUT2D eigenvalue weighted by molar-refractivity contribution is -0.139. The van der Waals surface area contributed by atoms with Gasteiger partial charge in [-0.25, -0.2) is 5.43 Å². The van der Waals surface area contributed by atoms with Crippen molar-refractivity contribution in [1.29, 1.82) is 0 Å². The zero-order valence-corrected chi connectivity index (χ0v) is 14.5. The van der Waals surface area contributed by atoms with Crippen LogP contribution in [0.15, 0.2) is 46.1 Å². The minimum absolute atomic E-state index is 0.0603. The second-order valence-corrected chi connectivity index (χ2v) is 5.14. The van der Waals surface area contributed by atoms with E-state index >= 15 is 0 Å². The fourth-order valence-corrected chi connectivity index (χ4v) is 2.00. The Morgan fingerprint density at radius 1 is 1.22 bits per heavy atom. The maximum absolute atomic E-state index is 12.3. The summed E-state index contributed by atoms with van der Waals surface area (Å²) >= 11 is 0. The predicted octanol–water partition coefficient (Wildman–Crippen LogP) is 2.05. The Kier molecular flexibility index (Phi) is 6.86. The third-order valence-electron chi connectivity index (χ3n) is 3.33. The number of ether oxygens (including phenoxy) is 2. The number of halogens is 2. The number of methoxy groups -OCH3 is 1. The fraction of sp³-hybridized carbons (Fsp3) is 0.235. The predicted molar refractivity (Wildman–Crippen MR) is 90.5 cm³/mol. The van der Waals surface area contributed by atoms with Gasteiger partial charge in [0.15, 0.2) is 11.5 Å². The number of amides is 2. The molecule has 0 bridgehead atoms. The number of carbonyl (C=O) groups is 2. The van der Waals surface area contributed by atoms with Gasteiger partial charge >= 0.3 is 18.4 Å². The topological polar surface area (TPSA) is 102 Å². The summed E-state index contributed by atoms with van der Waals surface area (Å²) in [4.78, 5) is 23.4. The van der Waals surface area contributed by atoms with Gasteiger partial charge in [0.05, 0.1) is 25.6 Å². The van der Waals surface area contributed by atoms with Crippen LogP contribution in [0.1, 0.15) is 18.2 Å². The third-order valence-corrected chi connectivity index (χ3v) is 3.33. The summed E-state index contributed by atoms with van der Waals surface area (Å²) in [5, 5.41) is 6.19. The van der Waals surface area contributed by atoms with E-state index in [1.165, 1.54) is 31.6 Å². The maximum Gasteiger partial charge on any atom is 0.387 e. The van der Waals surface area contributed by atoms with Gasteiger partial charge in [-0.15, -0.1) is 0 Å². The molecular formula is C17H17F2N3O5. The van der Waals surface area contributed by atoms with Crippen molar-refractivity contribution in [3.05, 3.63) is 47.9 Å². The van der Waals surface area contributed by atoms with Crippen LogP contribution >= 0.6 is 0 Å². The average Bonchev–Trinajstić information content (AvgIpc) is 3.17. The summed E-state index contributed by atoms with van der Waals surface area (Å²) in [6.07, 6.45) is 1.45. The van der Waals surface area contributed by atoms with Crippen LogP contribution in [0.4, 0.5) is 8.78 Å². The number of nitrogens with one attached hydrogen (secondary N) is 2.